The number of H-pyrrole nitrogens is 1. The molecule has 0 aliphatic rings. The number of hydrogen-bond acceptors (Lipinski definition) is 5. The van der Waals surface area contributed by atoms with Crippen LogP contribution in [0.15, 0.2) is 34.7 Å². The fourth-order valence-electron chi connectivity index (χ4n) is 1.26. The van der Waals surface area contributed by atoms with Gasteiger partial charge >= 0.3 is 0 Å². The number of aromatic amines is 1. The molecular formula is C11H10N4O3S. The Kier molecular flexibility index (Phi) is 4.04. The molecule has 98 valence electrons. The summed E-state index contributed by atoms with van der Waals surface area (Å²) >= 11 is 1.29. The number of amides is 2. The van der Waals surface area contributed by atoms with E-state index in [2.05, 4.69) is 20.6 Å². The largest absolute Gasteiger partial charge is 0.343 e. The van der Waals surface area contributed by atoms with Crippen LogP contribution in [0.3, 0.4) is 0 Å². The van der Waals surface area contributed by atoms with Gasteiger partial charge in [0.2, 0.25) is 11.5 Å². The van der Waals surface area contributed by atoms with E-state index >= 15 is 0 Å². The molecule has 2 aromatic heterocycles. The van der Waals surface area contributed by atoms with Gasteiger partial charge in [-0.1, -0.05) is 0 Å². The predicted octanol–water partition coefficient (Wildman–Crippen LogP) is 0.200. The van der Waals surface area contributed by atoms with Gasteiger partial charge in [0.05, 0.1) is 12.1 Å². The third-order valence-electron chi connectivity index (χ3n) is 2.13. The molecule has 0 saturated carbocycles. The highest BCUT2D eigenvalue weighted by Gasteiger charge is 2.08. The molecule has 0 spiro atoms. The predicted molar refractivity (Wildman–Crippen MR) is 70.1 cm³/mol. The van der Waals surface area contributed by atoms with Crippen LogP contribution < -0.4 is 16.2 Å². The number of rotatable bonds is 4. The lowest BCUT2D eigenvalue weighted by Gasteiger charge is -2.04. The minimum absolute atomic E-state index is 0.169. The molecule has 0 unspecified atom stereocenters. The number of hydrogen-bond donors (Lipinski definition) is 3. The van der Waals surface area contributed by atoms with Gasteiger partial charge in [-0.15, -0.1) is 11.3 Å². The molecule has 0 aliphatic heterocycles. The second-order valence-corrected chi connectivity index (χ2v) is 4.40. The minimum Gasteiger partial charge on any atom is -0.343 e. The molecule has 2 aromatic rings. The van der Waals surface area contributed by atoms with E-state index in [4.69, 9.17) is 0 Å². The number of anilines is 1. The maximum Gasteiger partial charge on any atom is 0.253 e. The first-order valence-electron chi connectivity index (χ1n) is 5.31. The molecular weight excluding hydrogens is 268 g/mol. The molecule has 0 fully saturated rings. The Bertz CT molecular complexity index is 615. The number of thiazole rings is 1. The van der Waals surface area contributed by atoms with Crippen LogP contribution in [-0.4, -0.2) is 28.3 Å². The smallest absolute Gasteiger partial charge is 0.253 e. The number of nitrogens with zero attached hydrogens (tertiary/aromatic N) is 1. The van der Waals surface area contributed by atoms with Crippen molar-refractivity contribution in [2.45, 2.75) is 0 Å². The Morgan fingerprint density at radius 1 is 1.37 bits per heavy atom. The van der Waals surface area contributed by atoms with E-state index in [1.165, 1.54) is 29.7 Å². The average molecular weight is 278 g/mol. The highest BCUT2D eigenvalue weighted by molar-refractivity contribution is 7.13. The van der Waals surface area contributed by atoms with Crippen molar-refractivity contribution in [2.24, 2.45) is 0 Å². The van der Waals surface area contributed by atoms with Crippen molar-refractivity contribution in [3.8, 4) is 0 Å². The number of aromatic nitrogens is 2. The van der Waals surface area contributed by atoms with Crippen LogP contribution in [0.2, 0.25) is 0 Å². The summed E-state index contributed by atoms with van der Waals surface area (Å²) in [5.74, 6) is -0.807. The van der Waals surface area contributed by atoms with Crippen LogP contribution in [0.1, 0.15) is 10.4 Å². The molecule has 2 amide bonds. The minimum atomic E-state index is -0.439. The van der Waals surface area contributed by atoms with Crippen molar-refractivity contribution in [1.82, 2.24) is 15.3 Å². The Hall–Kier alpha value is -2.48. The van der Waals surface area contributed by atoms with Crippen LogP contribution in [0.25, 0.3) is 0 Å². The van der Waals surface area contributed by atoms with Crippen molar-refractivity contribution < 1.29 is 9.59 Å². The summed E-state index contributed by atoms with van der Waals surface area (Å²) in [5, 5.41) is 7.17. The molecule has 2 rings (SSSR count). The average Bonchev–Trinajstić information content (AvgIpc) is 2.89. The zero-order chi connectivity index (χ0) is 13.7. The van der Waals surface area contributed by atoms with Crippen LogP contribution in [0.5, 0.6) is 0 Å². The zero-order valence-electron chi connectivity index (χ0n) is 9.67. The summed E-state index contributed by atoms with van der Waals surface area (Å²) in [6.07, 6.45) is 2.86. The first kappa shape index (κ1) is 13.0. The molecule has 3 N–H and O–H groups in total. The molecule has 0 bridgehead atoms. The van der Waals surface area contributed by atoms with Gasteiger partial charge in [-0.05, 0) is 6.07 Å². The third-order valence-corrected chi connectivity index (χ3v) is 2.82. The fourth-order valence-corrected chi connectivity index (χ4v) is 1.81. The lowest BCUT2D eigenvalue weighted by atomic mass is 10.3. The van der Waals surface area contributed by atoms with Crippen LogP contribution in [-0.2, 0) is 4.79 Å². The molecule has 0 aromatic carbocycles. The van der Waals surface area contributed by atoms with Gasteiger partial charge in [-0.2, -0.15) is 0 Å². The van der Waals surface area contributed by atoms with Crippen molar-refractivity contribution >= 4 is 28.3 Å². The van der Waals surface area contributed by atoms with Gasteiger partial charge in [0.15, 0.2) is 5.13 Å². The summed E-state index contributed by atoms with van der Waals surface area (Å²) in [5.41, 5.74) is -0.0142. The van der Waals surface area contributed by atoms with Crippen LogP contribution in [0.4, 0.5) is 5.13 Å². The van der Waals surface area contributed by atoms with Gasteiger partial charge < -0.3 is 15.6 Å². The van der Waals surface area contributed by atoms with E-state index in [0.29, 0.717) is 5.13 Å². The van der Waals surface area contributed by atoms with Gasteiger partial charge in [0, 0.05) is 23.8 Å². The Labute approximate surface area is 111 Å². The van der Waals surface area contributed by atoms with Gasteiger partial charge in [0.25, 0.3) is 5.91 Å². The van der Waals surface area contributed by atoms with Gasteiger partial charge in [-0.3, -0.25) is 14.4 Å². The fraction of sp³-hybridized carbons (Fsp3) is 0.0909. The summed E-state index contributed by atoms with van der Waals surface area (Å²) in [7, 11) is 0. The van der Waals surface area contributed by atoms with E-state index in [0.717, 1.165) is 0 Å². The summed E-state index contributed by atoms with van der Waals surface area (Å²) < 4.78 is 0. The molecule has 8 heteroatoms. The van der Waals surface area contributed by atoms with Gasteiger partial charge in [-0.25, -0.2) is 4.98 Å². The quantitative estimate of drug-likeness (QED) is 0.743. The molecule has 0 saturated heterocycles. The van der Waals surface area contributed by atoms with Gasteiger partial charge in [0.1, 0.15) is 0 Å². The standard InChI is InChI=1S/C11H10N4O3S/c16-8-2-1-7(5-13-8)10(18)14-6-9(17)15-11-12-3-4-19-11/h1-5H,6H2,(H,13,16)(H,14,18)(H,12,15,17). The Morgan fingerprint density at radius 2 is 2.21 bits per heavy atom. The maximum absolute atomic E-state index is 11.6. The van der Waals surface area contributed by atoms with Crippen LogP contribution in [0, 0.1) is 0 Å². The van der Waals surface area contributed by atoms with E-state index < -0.39 is 5.91 Å². The van der Waals surface area contributed by atoms with Crippen molar-refractivity contribution in [3.63, 3.8) is 0 Å². The first-order chi connectivity index (χ1) is 9.15. The zero-order valence-corrected chi connectivity index (χ0v) is 10.5. The lowest BCUT2D eigenvalue weighted by Crippen LogP contribution is -2.33. The summed E-state index contributed by atoms with van der Waals surface area (Å²) in [4.78, 5) is 40.2. The SMILES string of the molecule is O=C(CNC(=O)c1ccc(=O)[nH]c1)Nc1nccs1. The molecule has 0 atom stereocenters. The summed E-state index contributed by atoms with van der Waals surface area (Å²) in [6, 6.07) is 2.62. The molecule has 0 aliphatic carbocycles. The molecule has 2 heterocycles. The third kappa shape index (κ3) is 3.75. The van der Waals surface area contributed by atoms with Crippen molar-refractivity contribution in [3.05, 3.63) is 45.8 Å². The van der Waals surface area contributed by atoms with E-state index in [1.807, 2.05) is 0 Å². The topological polar surface area (TPSA) is 104 Å². The molecule has 0 radical (unpaired) electrons. The number of carbonyl (C=O) groups excluding carboxylic acids is 2. The second kappa shape index (κ2) is 5.91. The summed E-state index contributed by atoms with van der Waals surface area (Å²) in [6.45, 7) is -0.169. The van der Waals surface area contributed by atoms with E-state index in [-0.39, 0.29) is 23.6 Å². The second-order valence-electron chi connectivity index (χ2n) is 3.51. The number of carbonyl (C=O) groups is 2. The normalized spacial score (nSPS) is 9.89. The monoisotopic (exact) mass is 278 g/mol. The molecule has 7 nitrogen and oxygen atoms in total. The highest BCUT2D eigenvalue weighted by atomic mass is 32.1. The van der Waals surface area contributed by atoms with Crippen LogP contribution >= 0.6 is 11.3 Å². The van der Waals surface area contributed by atoms with Crippen molar-refractivity contribution in [2.75, 3.05) is 11.9 Å². The molecule has 19 heavy (non-hydrogen) atoms. The van der Waals surface area contributed by atoms with Crippen molar-refractivity contribution in [1.29, 1.82) is 0 Å². The number of nitrogens with one attached hydrogen (secondary N) is 3. The van der Waals surface area contributed by atoms with E-state index in [9.17, 15) is 14.4 Å². The Morgan fingerprint density at radius 3 is 2.84 bits per heavy atom. The first-order valence-corrected chi connectivity index (χ1v) is 6.19. The maximum atomic E-state index is 11.6. The Balaban J connectivity index is 1.85. The number of pyridine rings is 1. The lowest BCUT2D eigenvalue weighted by molar-refractivity contribution is -0.115. The highest BCUT2D eigenvalue weighted by Crippen LogP contribution is 2.09. The van der Waals surface area contributed by atoms with E-state index in [1.54, 1.807) is 11.6 Å².